The average Bonchev–Trinajstić information content (AvgIpc) is 3.11. The summed E-state index contributed by atoms with van der Waals surface area (Å²) in [6.45, 7) is 0. The van der Waals surface area contributed by atoms with Gasteiger partial charge in [-0.15, -0.1) is 0 Å². The van der Waals surface area contributed by atoms with E-state index in [0.717, 1.165) is 25.7 Å². The van der Waals surface area contributed by atoms with E-state index in [9.17, 15) is 10.1 Å². The Labute approximate surface area is 163 Å². The average molecular weight is 381 g/mol. The van der Waals surface area contributed by atoms with Crippen LogP contribution in [0, 0.1) is 11.3 Å². The highest BCUT2D eigenvalue weighted by Gasteiger charge is 2.26. The second-order valence-corrected chi connectivity index (χ2v) is 6.61. The van der Waals surface area contributed by atoms with E-state index in [0.29, 0.717) is 17.1 Å². The van der Waals surface area contributed by atoms with Crippen LogP contribution in [0.15, 0.2) is 29.4 Å². The minimum absolute atomic E-state index is 0.0195. The van der Waals surface area contributed by atoms with Gasteiger partial charge in [0.25, 0.3) is 0 Å². The fraction of sp³-hybridized carbons (Fsp3) is 0.400. The lowest BCUT2D eigenvalue weighted by Crippen LogP contribution is -2.28. The third-order valence-corrected chi connectivity index (χ3v) is 4.86. The molecule has 0 aliphatic heterocycles. The van der Waals surface area contributed by atoms with Crippen LogP contribution in [0.3, 0.4) is 0 Å². The number of hydrogen-bond donors (Lipinski definition) is 1. The number of ketones is 1. The van der Waals surface area contributed by atoms with Crippen molar-refractivity contribution in [2.45, 2.75) is 38.1 Å². The molecule has 0 atom stereocenters. The maximum Gasteiger partial charge on any atom is 0.233 e. The first-order valence-electron chi connectivity index (χ1n) is 9.17. The lowest BCUT2D eigenvalue weighted by molar-refractivity contribution is 0.105. The van der Waals surface area contributed by atoms with Gasteiger partial charge in [-0.2, -0.15) is 15.0 Å². The molecule has 1 heterocycles. The first-order chi connectivity index (χ1) is 13.6. The molecule has 1 saturated carbocycles. The topological polar surface area (TPSA) is 116 Å². The van der Waals surface area contributed by atoms with Gasteiger partial charge in [0.15, 0.2) is 5.84 Å². The second-order valence-electron chi connectivity index (χ2n) is 6.61. The third-order valence-electron chi connectivity index (χ3n) is 4.86. The van der Waals surface area contributed by atoms with Crippen molar-refractivity contribution in [3.63, 3.8) is 0 Å². The molecule has 1 aromatic carbocycles. The van der Waals surface area contributed by atoms with Gasteiger partial charge in [-0.25, -0.2) is 0 Å². The lowest BCUT2D eigenvalue weighted by atomic mass is 9.96. The van der Waals surface area contributed by atoms with E-state index >= 15 is 0 Å². The molecule has 2 aromatic rings. The van der Waals surface area contributed by atoms with Crippen LogP contribution in [-0.4, -0.2) is 41.7 Å². The summed E-state index contributed by atoms with van der Waals surface area (Å²) in [5.41, 5.74) is 6.57. The molecule has 0 amide bonds. The first kappa shape index (κ1) is 19.4. The van der Waals surface area contributed by atoms with Crippen molar-refractivity contribution in [2.24, 2.45) is 4.99 Å². The van der Waals surface area contributed by atoms with Gasteiger partial charge in [-0.05, 0) is 25.0 Å². The molecule has 2 N–H and O–H groups in total. The maximum absolute atomic E-state index is 13.4. The smallest absolute Gasteiger partial charge is 0.233 e. The zero-order chi connectivity index (χ0) is 20.1. The molecule has 3 rings (SSSR count). The molecule has 0 saturated heterocycles. The van der Waals surface area contributed by atoms with E-state index in [1.807, 2.05) is 6.07 Å². The van der Waals surface area contributed by atoms with Crippen LogP contribution in [0.1, 0.15) is 48.0 Å². The third kappa shape index (κ3) is 3.83. The summed E-state index contributed by atoms with van der Waals surface area (Å²) in [4.78, 5) is 18.1. The van der Waals surface area contributed by atoms with Gasteiger partial charge in [0, 0.05) is 6.07 Å². The van der Waals surface area contributed by atoms with Crippen LogP contribution in [0.5, 0.6) is 11.5 Å². The maximum atomic E-state index is 13.4. The summed E-state index contributed by atoms with van der Waals surface area (Å²) in [5, 5.41) is 13.3. The molecule has 0 spiro atoms. The Balaban J connectivity index is 2.08. The molecule has 8 heteroatoms. The Morgan fingerprint density at radius 3 is 2.64 bits per heavy atom. The number of rotatable bonds is 5. The number of methoxy groups -OCH3 is 2. The number of ether oxygens (including phenoxy) is 2. The van der Waals surface area contributed by atoms with E-state index < -0.39 is 0 Å². The van der Waals surface area contributed by atoms with Gasteiger partial charge in [-0.3, -0.25) is 9.79 Å². The fourth-order valence-corrected chi connectivity index (χ4v) is 3.31. The number of hydrogen-bond acceptors (Lipinski definition) is 7. The highest BCUT2D eigenvalue weighted by atomic mass is 16.5. The zero-order valence-corrected chi connectivity index (χ0v) is 16.0. The number of anilines is 1. The highest BCUT2D eigenvalue weighted by molar-refractivity contribution is 6.46. The summed E-state index contributed by atoms with van der Waals surface area (Å²) >= 11 is 0. The molecule has 0 bridgehead atoms. The number of Topliss-reactive ketones (excluding diaryl/α,β-unsaturated/α-hetero) is 1. The van der Waals surface area contributed by atoms with Gasteiger partial charge in [0.05, 0.1) is 32.0 Å². The molecule has 1 aliphatic carbocycles. The number of carbonyl (C=O) groups is 1. The quantitative estimate of drug-likeness (QED) is 0.484. The van der Waals surface area contributed by atoms with Gasteiger partial charge >= 0.3 is 0 Å². The van der Waals surface area contributed by atoms with Crippen LogP contribution >= 0.6 is 0 Å². The predicted octanol–water partition coefficient (Wildman–Crippen LogP) is 2.82. The zero-order valence-electron chi connectivity index (χ0n) is 16.0. The molecule has 1 aliphatic rings. The summed E-state index contributed by atoms with van der Waals surface area (Å²) in [7, 11) is 3.03. The Morgan fingerprint density at radius 1 is 1.29 bits per heavy atom. The van der Waals surface area contributed by atoms with E-state index in [2.05, 4.69) is 5.10 Å². The summed E-state index contributed by atoms with van der Waals surface area (Å²) in [6.07, 6.45) is 6.46. The normalized spacial score (nSPS) is 15.1. The molecule has 8 nitrogen and oxygen atoms in total. The lowest BCUT2D eigenvalue weighted by Gasteiger charge is -2.19. The van der Waals surface area contributed by atoms with Crippen molar-refractivity contribution in [1.29, 1.82) is 5.26 Å². The minimum Gasteiger partial charge on any atom is -0.497 e. The number of nitrogen functional groups attached to an aromatic ring is 1. The van der Waals surface area contributed by atoms with Gasteiger partial charge in [0.1, 0.15) is 28.9 Å². The number of nitrogens with zero attached hydrogens (tertiary/aromatic N) is 4. The van der Waals surface area contributed by atoms with E-state index in [-0.39, 0.29) is 29.0 Å². The Morgan fingerprint density at radius 2 is 2.04 bits per heavy atom. The molecule has 1 fully saturated rings. The predicted molar refractivity (Wildman–Crippen MR) is 105 cm³/mol. The van der Waals surface area contributed by atoms with E-state index in [4.69, 9.17) is 20.2 Å². The molecule has 146 valence electrons. The number of benzene rings is 1. The Hall–Kier alpha value is -3.34. The number of aliphatic imine (C=N–C) groups is 1. The monoisotopic (exact) mass is 381 g/mol. The fourth-order valence-electron chi connectivity index (χ4n) is 3.31. The summed E-state index contributed by atoms with van der Waals surface area (Å²) in [5.74, 6) is 0.757. The SMILES string of the molecule is COc1ccc(C(=O)/C(=N\C2CCCCC2)n2ncc(C#N)c2N)c(OC)c1. The second kappa shape index (κ2) is 8.57. The summed E-state index contributed by atoms with van der Waals surface area (Å²) < 4.78 is 11.8. The number of nitrogens with two attached hydrogens (primary N) is 1. The van der Waals surface area contributed by atoms with Crippen molar-refractivity contribution in [1.82, 2.24) is 9.78 Å². The molecule has 0 unspecified atom stereocenters. The van der Waals surface area contributed by atoms with Crippen LogP contribution in [0.2, 0.25) is 0 Å². The standard InChI is InChI=1S/C20H23N5O3/c1-27-15-8-9-16(17(10-15)28-2)18(26)20(24-14-6-4-3-5-7-14)25-19(22)13(11-21)12-23-25/h8-10,12,14H,3-7,22H2,1-2H3/b24-20+. The van der Waals surface area contributed by atoms with Crippen LogP contribution in [0.4, 0.5) is 5.82 Å². The van der Waals surface area contributed by atoms with Crippen LogP contribution in [-0.2, 0) is 0 Å². The minimum atomic E-state index is -0.371. The van der Waals surface area contributed by atoms with Crippen molar-refractivity contribution < 1.29 is 14.3 Å². The Bertz CT molecular complexity index is 936. The van der Waals surface area contributed by atoms with Crippen molar-refractivity contribution in [2.75, 3.05) is 20.0 Å². The van der Waals surface area contributed by atoms with E-state index in [1.165, 1.54) is 24.4 Å². The molecule has 0 radical (unpaired) electrons. The van der Waals surface area contributed by atoms with Crippen LogP contribution < -0.4 is 15.2 Å². The molecule has 28 heavy (non-hydrogen) atoms. The largest absolute Gasteiger partial charge is 0.497 e. The summed E-state index contributed by atoms with van der Waals surface area (Å²) in [6, 6.07) is 6.94. The molecule has 1 aromatic heterocycles. The van der Waals surface area contributed by atoms with Crippen molar-refractivity contribution in [3.8, 4) is 17.6 Å². The van der Waals surface area contributed by atoms with Gasteiger partial charge in [0.2, 0.25) is 5.78 Å². The molecular formula is C20H23N5O3. The molecular weight excluding hydrogens is 358 g/mol. The number of carbonyl (C=O) groups excluding carboxylic acids is 1. The number of aromatic nitrogens is 2. The Kier molecular flexibility index (Phi) is 5.94. The van der Waals surface area contributed by atoms with Gasteiger partial charge < -0.3 is 15.2 Å². The van der Waals surface area contributed by atoms with Crippen molar-refractivity contribution in [3.05, 3.63) is 35.5 Å². The van der Waals surface area contributed by atoms with E-state index in [1.54, 1.807) is 25.3 Å². The first-order valence-corrected chi connectivity index (χ1v) is 9.17. The number of nitriles is 1. The van der Waals surface area contributed by atoms with Gasteiger partial charge in [-0.1, -0.05) is 19.3 Å². The van der Waals surface area contributed by atoms with Crippen LogP contribution in [0.25, 0.3) is 0 Å². The highest BCUT2D eigenvalue weighted by Crippen LogP contribution is 2.27. The van der Waals surface area contributed by atoms with Crippen molar-refractivity contribution >= 4 is 17.4 Å².